The van der Waals surface area contributed by atoms with Gasteiger partial charge in [0.05, 0.1) is 19.1 Å². The lowest BCUT2D eigenvalue weighted by Gasteiger charge is -2.10. The number of rotatable bonds is 8. The van der Waals surface area contributed by atoms with Gasteiger partial charge in [0.25, 0.3) is 0 Å². The fraction of sp³-hybridized carbons (Fsp3) is 0.500. The highest BCUT2D eigenvalue weighted by Crippen LogP contribution is 2.25. The molecule has 1 aromatic rings. The number of likely N-dealkylation sites (N-methyl/N-ethyl adjacent to an activating group) is 1. The summed E-state index contributed by atoms with van der Waals surface area (Å²) in [5.74, 6) is 0.873. The lowest BCUT2D eigenvalue weighted by molar-refractivity contribution is 0.392. The summed E-state index contributed by atoms with van der Waals surface area (Å²) in [6, 6.07) is 4.54. The Labute approximate surface area is 114 Å². The number of benzene rings is 1. The van der Waals surface area contributed by atoms with E-state index >= 15 is 0 Å². The second kappa shape index (κ2) is 7.32. The van der Waals surface area contributed by atoms with Crippen LogP contribution in [0.5, 0.6) is 11.5 Å². The summed E-state index contributed by atoms with van der Waals surface area (Å²) in [6.07, 6.45) is 0. The first-order valence-electron chi connectivity index (χ1n) is 5.97. The lowest BCUT2D eigenvalue weighted by atomic mass is 10.3. The Balaban J connectivity index is 2.87. The maximum absolute atomic E-state index is 12.1. The molecule has 1 aromatic carbocycles. The van der Waals surface area contributed by atoms with E-state index in [2.05, 4.69) is 10.0 Å². The van der Waals surface area contributed by atoms with Crippen LogP contribution in [0.15, 0.2) is 23.1 Å². The SMILES string of the molecule is CCNCCNS(=O)(=O)c1cc(OC)cc(OC)c1. The predicted molar refractivity (Wildman–Crippen MR) is 73.3 cm³/mol. The first-order valence-corrected chi connectivity index (χ1v) is 7.45. The average Bonchev–Trinajstić information content (AvgIpc) is 2.43. The second-order valence-corrected chi connectivity index (χ2v) is 5.57. The number of ether oxygens (including phenoxy) is 2. The Morgan fingerprint density at radius 3 is 2.11 bits per heavy atom. The Morgan fingerprint density at radius 1 is 1.05 bits per heavy atom. The molecular weight excluding hydrogens is 268 g/mol. The van der Waals surface area contributed by atoms with Crippen molar-refractivity contribution >= 4 is 10.0 Å². The summed E-state index contributed by atoms with van der Waals surface area (Å²) in [5.41, 5.74) is 0. The Hall–Kier alpha value is -1.31. The topological polar surface area (TPSA) is 76.7 Å². The zero-order valence-electron chi connectivity index (χ0n) is 11.4. The maximum Gasteiger partial charge on any atom is 0.240 e. The number of nitrogens with one attached hydrogen (secondary N) is 2. The minimum atomic E-state index is -3.56. The number of sulfonamides is 1. The van der Waals surface area contributed by atoms with Crippen LogP contribution in [-0.2, 0) is 10.0 Å². The minimum Gasteiger partial charge on any atom is -0.497 e. The van der Waals surface area contributed by atoms with Gasteiger partial charge in [0.1, 0.15) is 11.5 Å². The monoisotopic (exact) mass is 288 g/mol. The standard InChI is InChI=1S/C12H20N2O4S/c1-4-13-5-6-14-19(15,16)12-8-10(17-2)7-11(9-12)18-3/h7-9,13-14H,4-6H2,1-3H3. The van der Waals surface area contributed by atoms with Crippen LogP contribution in [0.3, 0.4) is 0 Å². The van der Waals surface area contributed by atoms with Gasteiger partial charge in [-0.1, -0.05) is 6.92 Å². The van der Waals surface area contributed by atoms with E-state index in [1.807, 2.05) is 6.92 Å². The number of hydrogen-bond donors (Lipinski definition) is 2. The molecular formula is C12H20N2O4S. The van der Waals surface area contributed by atoms with Gasteiger partial charge in [-0.15, -0.1) is 0 Å². The van der Waals surface area contributed by atoms with E-state index in [1.165, 1.54) is 26.4 Å². The highest BCUT2D eigenvalue weighted by Gasteiger charge is 2.16. The molecule has 0 unspecified atom stereocenters. The van der Waals surface area contributed by atoms with E-state index in [1.54, 1.807) is 6.07 Å². The van der Waals surface area contributed by atoms with Gasteiger partial charge < -0.3 is 14.8 Å². The summed E-state index contributed by atoms with van der Waals surface area (Å²) < 4.78 is 36.8. The van der Waals surface area contributed by atoms with Crippen molar-refractivity contribution in [3.63, 3.8) is 0 Å². The van der Waals surface area contributed by atoms with Crippen LogP contribution in [-0.4, -0.2) is 42.3 Å². The van der Waals surface area contributed by atoms with Gasteiger partial charge in [0.2, 0.25) is 10.0 Å². The minimum absolute atomic E-state index is 0.125. The van der Waals surface area contributed by atoms with Crippen molar-refractivity contribution in [2.75, 3.05) is 33.9 Å². The van der Waals surface area contributed by atoms with Crippen molar-refractivity contribution in [3.8, 4) is 11.5 Å². The van der Waals surface area contributed by atoms with Crippen LogP contribution in [0.25, 0.3) is 0 Å². The molecule has 0 aliphatic rings. The largest absolute Gasteiger partial charge is 0.497 e. The highest BCUT2D eigenvalue weighted by molar-refractivity contribution is 7.89. The number of hydrogen-bond acceptors (Lipinski definition) is 5. The summed E-state index contributed by atoms with van der Waals surface area (Å²) in [6.45, 7) is 3.67. The van der Waals surface area contributed by atoms with Crippen molar-refractivity contribution in [3.05, 3.63) is 18.2 Å². The zero-order chi connectivity index (χ0) is 14.3. The summed E-state index contributed by atoms with van der Waals surface area (Å²) in [5, 5.41) is 3.04. The van der Waals surface area contributed by atoms with Crippen LogP contribution in [0.2, 0.25) is 0 Å². The average molecular weight is 288 g/mol. The molecule has 0 bridgehead atoms. The fourth-order valence-electron chi connectivity index (χ4n) is 1.47. The Bertz CT molecular complexity index is 480. The van der Waals surface area contributed by atoms with Crippen LogP contribution in [0.4, 0.5) is 0 Å². The van der Waals surface area contributed by atoms with Crippen molar-refractivity contribution in [2.45, 2.75) is 11.8 Å². The van der Waals surface area contributed by atoms with Crippen molar-refractivity contribution in [1.29, 1.82) is 0 Å². The number of methoxy groups -OCH3 is 2. The van der Waals surface area contributed by atoms with Gasteiger partial charge in [-0.05, 0) is 6.54 Å². The lowest BCUT2D eigenvalue weighted by Crippen LogP contribution is -2.31. The van der Waals surface area contributed by atoms with Gasteiger partial charge in [-0.3, -0.25) is 0 Å². The van der Waals surface area contributed by atoms with E-state index in [-0.39, 0.29) is 4.90 Å². The molecule has 0 heterocycles. The van der Waals surface area contributed by atoms with Crippen molar-refractivity contribution in [2.24, 2.45) is 0 Å². The zero-order valence-corrected chi connectivity index (χ0v) is 12.2. The van der Waals surface area contributed by atoms with Gasteiger partial charge in [0, 0.05) is 31.3 Å². The van der Waals surface area contributed by atoms with Gasteiger partial charge in [-0.2, -0.15) is 0 Å². The molecule has 0 aromatic heterocycles. The van der Waals surface area contributed by atoms with Crippen molar-refractivity contribution in [1.82, 2.24) is 10.0 Å². The molecule has 0 atom stereocenters. The normalized spacial score (nSPS) is 11.3. The molecule has 2 N–H and O–H groups in total. The summed E-state index contributed by atoms with van der Waals surface area (Å²) in [7, 11) is -0.604. The third-order valence-corrected chi connectivity index (χ3v) is 3.92. The third-order valence-electron chi connectivity index (χ3n) is 2.48. The molecule has 0 spiro atoms. The van der Waals surface area contributed by atoms with E-state index in [0.717, 1.165) is 6.54 Å². The molecule has 0 aliphatic carbocycles. The molecule has 0 saturated heterocycles. The molecule has 0 fully saturated rings. The Kier molecular flexibility index (Phi) is 6.07. The molecule has 0 saturated carbocycles. The molecule has 0 aliphatic heterocycles. The van der Waals surface area contributed by atoms with Gasteiger partial charge in [0.15, 0.2) is 0 Å². The van der Waals surface area contributed by atoms with E-state index in [0.29, 0.717) is 24.6 Å². The summed E-state index contributed by atoms with van der Waals surface area (Å²) >= 11 is 0. The van der Waals surface area contributed by atoms with E-state index in [4.69, 9.17) is 9.47 Å². The van der Waals surface area contributed by atoms with Gasteiger partial charge in [-0.25, -0.2) is 13.1 Å². The first-order chi connectivity index (χ1) is 9.03. The summed E-state index contributed by atoms with van der Waals surface area (Å²) in [4.78, 5) is 0.125. The molecule has 0 amide bonds. The molecule has 108 valence electrons. The Morgan fingerprint density at radius 2 is 1.63 bits per heavy atom. The first kappa shape index (κ1) is 15.7. The highest BCUT2D eigenvalue weighted by atomic mass is 32.2. The molecule has 19 heavy (non-hydrogen) atoms. The van der Waals surface area contributed by atoms with Crippen molar-refractivity contribution < 1.29 is 17.9 Å². The molecule has 1 rings (SSSR count). The van der Waals surface area contributed by atoms with Crippen LogP contribution < -0.4 is 19.5 Å². The molecule has 0 radical (unpaired) electrons. The maximum atomic E-state index is 12.1. The fourth-order valence-corrected chi connectivity index (χ4v) is 2.55. The van der Waals surface area contributed by atoms with E-state index in [9.17, 15) is 8.42 Å². The van der Waals surface area contributed by atoms with Crippen LogP contribution in [0, 0.1) is 0 Å². The quantitative estimate of drug-likeness (QED) is 0.685. The molecule has 6 nitrogen and oxygen atoms in total. The van der Waals surface area contributed by atoms with Gasteiger partial charge >= 0.3 is 0 Å². The van der Waals surface area contributed by atoms with Crippen LogP contribution in [0.1, 0.15) is 6.92 Å². The van der Waals surface area contributed by atoms with E-state index < -0.39 is 10.0 Å². The van der Waals surface area contributed by atoms with Crippen LogP contribution >= 0.6 is 0 Å². The predicted octanol–water partition coefficient (Wildman–Crippen LogP) is 0.592. The molecule has 7 heteroatoms. The smallest absolute Gasteiger partial charge is 0.240 e. The third kappa shape index (κ3) is 4.70. The second-order valence-electron chi connectivity index (χ2n) is 3.80.